The van der Waals surface area contributed by atoms with Crippen LogP contribution in [-0.2, 0) is 10.0 Å². The lowest BCUT2D eigenvalue weighted by Gasteiger charge is -2.36. The normalized spacial score (nSPS) is 18.2. The van der Waals surface area contributed by atoms with E-state index in [1.54, 1.807) is 7.11 Å². The average Bonchev–Trinajstić information content (AvgIpc) is 2.63. The van der Waals surface area contributed by atoms with Crippen molar-refractivity contribution in [1.82, 2.24) is 14.6 Å². The Balaban J connectivity index is 0.00000243. The minimum Gasteiger partial charge on any atom is -0.496 e. The number of piperazine rings is 1. The van der Waals surface area contributed by atoms with Crippen molar-refractivity contribution in [2.45, 2.75) is 10.9 Å². The zero-order chi connectivity index (χ0) is 18.0. The Morgan fingerprint density at radius 2 is 2.12 bits per heavy atom. The van der Waals surface area contributed by atoms with E-state index in [0.29, 0.717) is 25.4 Å². The predicted molar refractivity (Wildman–Crippen MR) is 103 cm³/mol. The van der Waals surface area contributed by atoms with Crippen LogP contribution in [0.25, 0.3) is 0 Å². The number of rotatable bonds is 4. The van der Waals surface area contributed by atoms with Crippen molar-refractivity contribution < 1.29 is 13.2 Å². The quantitative estimate of drug-likeness (QED) is 0.788. The van der Waals surface area contributed by atoms with Gasteiger partial charge >= 0.3 is 0 Å². The second-order valence-electron chi connectivity index (χ2n) is 5.61. The van der Waals surface area contributed by atoms with Gasteiger partial charge in [0.05, 0.1) is 18.2 Å². The van der Waals surface area contributed by atoms with E-state index in [1.807, 2.05) is 24.3 Å². The smallest absolute Gasteiger partial charge is 0.247 e. The Labute approximate surface area is 164 Å². The molecule has 0 saturated carbocycles. The number of benzene rings is 1. The van der Waals surface area contributed by atoms with Crippen LogP contribution in [-0.4, -0.2) is 44.5 Å². The van der Waals surface area contributed by atoms with E-state index in [1.165, 1.54) is 16.6 Å². The van der Waals surface area contributed by atoms with Crippen molar-refractivity contribution in [3.05, 3.63) is 47.1 Å². The van der Waals surface area contributed by atoms with E-state index in [0.717, 1.165) is 5.56 Å². The highest BCUT2D eigenvalue weighted by Crippen LogP contribution is 2.35. The topological polar surface area (TPSA) is 97.5 Å². The fourth-order valence-electron chi connectivity index (χ4n) is 2.94. The highest BCUT2D eigenvalue weighted by Gasteiger charge is 2.37. The van der Waals surface area contributed by atoms with Crippen LogP contribution in [0.15, 0.2) is 41.4 Å². The molecule has 7 nitrogen and oxygen atoms in total. The van der Waals surface area contributed by atoms with Gasteiger partial charge in [0.15, 0.2) is 0 Å². The fraction of sp³-hybridized carbons (Fsp3) is 0.312. The first-order valence-corrected chi connectivity index (χ1v) is 9.53. The Morgan fingerprint density at radius 3 is 2.85 bits per heavy atom. The van der Waals surface area contributed by atoms with E-state index in [4.69, 9.17) is 22.1 Å². The zero-order valence-electron chi connectivity index (χ0n) is 14.1. The monoisotopic (exact) mass is 418 g/mol. The van der Waals surface area contributed by atoms with Crippen LogP contribution < -0.4 is 15.8 Å². The van der Waals surface area contributed by atoms with Gasteiger partial charge in [0.1, 0.15) is 16.5 Å². The summed E-state index contributed by atoms with van der Waals surface area (Å²) in [5, 5.41) is 3.45. The summed E-state index contributed by atoms with van der Waals surface area (Å²) in [6, 6.07) is 8.28. The van der Waals surface area contributed by atoms with Gasteiger partial charge in [-0.15, -0.1) is 12.4 Å². The second kappa shape index (κ2) is 8.41. The number of halogens is 2. The van der Waals surface area contributed by atoms with Crippen LogP contribution in [0, 0.1) is 0 Å². The van der Waals surface area contributed by atoms with Gasteiger partial charge in [0, 0.05) is 31.4 Å². The number of anilines is 1. The Hall–Kier alpha value is -1.58. The number of sulfonamides is 1. The molecule has 0 radical (unpaired) electrons. The van der Waals surface area contributed by atoms with Crippen LogP contribution in [0.4, 0.5) is 5.82 Å². The van der Waals surface area contributed by atoms with Gasteiger partial charge in [-0.3, -0.25) is 0 Å². The lowest BCUT2D eigenvalue weighted by Crippen LogP contribution is -2.48. The molecule has 1 saturated heterocycles. The standard InChI is InChI=1S/C16H19ClN4O3S.ClH/c1-24-14-5-3-2-4-12(14)13-10-19-6-7-21(13)25(22,23)15-8-11(17)9-20-16(15)18;/h2-5,8-9,13,19H,6-7,10H2,1H3,(H2,18,20);1H. The molecule has 3 N–H and O–H groups in total. The number of nitrogens with one attached hydrogen (secondary N) is 1. The van der Waals surface area contributed by atoms with Crippen LogP contribution >= 0.6 is 24.0 Å². The van der Waals surface area contributed by atoms with Gasteiger partial charge in [-0.2, -0.15) is 4.31 Å². The van der Waals surface area contributed by atoms with Crippen molar-refractivity contribution in [3.8, 4) is 5.75 Å². The van der Waals surface area contributed by atoms with Gasteiger partial charge in [-0.25, -0.2) is 13.4 Å². The van der Waals surface area contributed by atoms with Gasteiger partial charge in [0.2, 0.25) is 10.0 Å². The molecule has 1 aliphatic rings. The first-order chi connectivity index (χ1) is 11.9. The van der Waals surface area contributed by atoms with Crippen LogP contribution in [0.5, 0.6) is 5.75 Å². The van der Waals surface area contributed by atoms with E-state index in [2.05, 4.69) is 10.3 Å². The minimum atomic E-state index is -3.87. The molecule has 1 aromatic carbocycles. The number of nitrogens with zero attached hydrogens (tertiary/aromatic N) is 2. The summed E-state index contributed by atoms with van der Waals surface area (Å²) in [4.78, 5) is 3.79. The Bertz CT molecular complexity index is 880. The van der Waals surface area contributed by atoms with Crippen LogP contribution in [0.2, 0.25) is 5.02 Å². The highest BCUT2D eigenvalue weighted by molar-refractivity contribution is 7.89. The summed E-state index contributed by atoms with van der Waals surface area (Å²) in [5.74, 6) is 0.565. The molecule has 1 unspecified atom stereocenters. The first kappa shape index (κ1) is 20.7. The molecule has 0 amide bonds. The van der Waals surface area contributed by atoms with E-state index >= 15 is 0 Å². The minimum absolute atomic E-state index is 0. The van der Waals surface area contributed by atoms with Gasteiger partial charge in [-0.05, 0) is 12.1 Å². The van der Waals surface area contributed by atoms with E-state index < -0.39 is 16.1 Å². The van der Waals surface area contributed by atoms with Crippen molar-refractivity contribution in [2.75, 3.05) is 32.5 Å². The fourth-order valence-corrected chi connectivity index (χ4v) is 4.87. The third-order valence-corrected chi connectivity index (χ3v) is 6.27. The molecule has 0 spiro atoms. The first-order valence-electron chi connectivity index (χ1n) is 7.71. The molecule has 0 aliphatic carbocycles. The number of methoxy groups -OCH3 is 1. The average molecular weight is 419 g/mol. The molecule has 10 heteroatoms. The number of para-hydroxylation sites is 1. The van der Waals surface area contributed by atoms with Crippen molar-refractivity contribution >= 4 is 39.8 Å². The van der Waals surface area contributed by atoms with Gasteiger partial charge in [0.25, 0.3) is 0 Å². The number of nitrogen functional groups attached to an aromatic ring is 1. The Morgan fingerprint density at radius 1 is 1.38 bits per heavy atom. The molecule has 1 aliphatic heterocycles. The van der Waals surface area contributed by atoms with E-state index in [9.17, 15) is 8.42 Å². The van der Waals surface area contributed by atoms with Gasteiger partial charge in [-0.1, -0.05) is 29.8 Å². The Kier molecular flexibility index (Phi) is 6.70. The zero-order valence-corrected chi connectivity index (χ0v) is 16.4. The summed E-state index contributed by atoms with van der Waals surface area (Å²) >= 11 is 5.93. The number of nitrogens with two attached hydrogens (primary N) is 1. The molecular formula is C16H20Cl2N4O3S. The van der Waals surface area contributed by atoms with Gasteiger partial charge < -0.3 is 15.8 Å². The van der Waals surface area contributed by atoms with Crippen LogP contribution in [0.1, 0.15) is 11.6 Å². The maximum Gasteiger partial charge on any atom is 0.247 e. The van der Waals surface area contributed by atoms with Crippen molar-refractivity contribution in [1.29, 1.82) is 0 Å². The highest BCUT2D eigenvalue weighted by atomic mass is 35.5. The molecule has 2 aromatic rings. The third-order valence-electron chi connectivity index (χ3n) is 4.13. The largest absolute Gasteiger partial charge is 0.496 e. The lowest BCUT2D eigenvalue weighted by atomic mass is 10.0. The summed E-state index contributed by atoms with van der Waals surface area (Å²) in [5.41, 5.74) is 6.59. The number of ether oxygens (including phenoxy) is 1. The third kappa shape index (κ3) is 3.89. The molecule has 1 atom stereocenters. The summed E-state index contributed by atoms with van der Waals surface area (Å²) in [6.07, 6.45) is 1.32. The summed E-state index contributed by atoms with van der Waals surface area (Å²) in [6.45, 7) is 1.31. The molecule has 1 aromatic heterocycles. The second-order valence-corrected chi connectivity index (χ2v) is 7.91. The number of aromatic nitrogens is 1. The van der Waals surface area contributed by atoms with Crippen molar-refractivity contribution in [3.63, 3.8) is 0 Å². The molecule has 3 rings (SSSR count). The summed E-state index contributed by atoms with van der Waals surface area (Å²) < 4.78 is 33.3. The maximum absolute atomic E-state index is 13.2. The number of hydrogen-bond donors (Lipinski definition) is 2. The predicted octanol–water partition coefficient (Wildman–Crippen LogP) is 2.08. The number of hydrogen-bond acceptors (Lipinski definition) is 6. The molecular weight excluding hydrogens is 399 g/mol. The van der Waals surface area contributed by atoms with E-state index in [-0.39, 0.29) is 28.1 Å². The SMILES string of the molecule is COc1ccccc1C1CNCCN1S(=O)(=O)c1cc(Cl)cnc1N.Cl. The molecule has 0 bridgehead atoms. The maximum atomic E-state index is 13.2. The number of pyridine rings is 1. The molecule has 1 fully saturated rings. The molecule has 26 heavy (non-hydrogen) atoms. The lowest BCUT2D eigenvalue weighted by molar-refractivity contribution is 0.264. The molecule has 2 heterocycles. The van der Waals surface area contributed by atoms with Crippen LogP contribution in [0.3, 0.4) is 0 Å². The summed E-state index contributed by atoms with van der Waals surface area (Å²) in [7, 11) is -2.31. The molecule has 142 valence electrons. The van der Waals surface area contributed by atoms with Crippen molar-refractivity contribution in [2.24, 2.45) is 0 Å².